The number of hydrogen-bond acceptors (Lipinski definition) is 3. The fourth-order valence-corrected chi connectivity index (χ4v) is 1.93. The molecule has 4 nitrogen and oxygen atoms in total. The van der Waals surface area contributed by atoms with E-state index in [1.807, 2.05) is 75.4 Å². The molecule has 0 aliphatic carbocycles. The number of nitrogens with one attached hydrogen (secondary N) is 1. The summed E-state index contributed by atoms with van der Waals surface area (Å²) in [5.74, 6) is 0. The third kappa shape index (κ3) is 6.34. The minimum Gasteiger partial charge on any atom is -0.444 e. The molecule has 0 aliphatic heterocycles. The highest BCUT2D eigenvalue weighted by Gasteiger charge is 2.15. The fourth-order valence-electron chi connectivity index (χ4n) is 1.93. The summed E-state index contributed by atoms with van der Waals surface area (Å²) < 4.78 is 5.20. The van der Waals surface area contributed by atoms with Crippen LogP contribution in [0.5, 0.6) is 0 Å². The van der Waals surface area contributed by atoms with Gasteiger partial charge in [0.15, 0.2) is 0 Å². The van der Waals surface area contributed by atoms with E-state index in [0.717, 1.165) is 16.8 Å². The third-order valence-corrected chi connectivity index (χ3v) is 2.92. The number of carbonyl (C=O) groups is 1. The van der Waals surface area contributed by atoms with Crippen LogP contribution in [0.3, 0.4) is 0 Å². The fraction of sp³-hybridized carbons (Fsp3) is 0.263. The molecule has 0 saturated carbocycles. The van der Waals surface area contributed by atoms with Gasteiger partial charge in [-0.15, -0.1) is 0 Å². The van der Waals surface area contributed by atoms with Gasteiger partial charge in [-0.05, 0) is 44.0 Å². The van der Waals surface area contributed by atoms with Gasteiger partial charge in [-0.25, -0.2) is 4.79 Å². The molecule has 1 N–H and O–H groups in total. The summed E-state index contributed by atoms with van der Waals surface area (Å²) in [6.45, 7) is 5.83. The maximum absolute atomic E-state index is 11.7. The van der Waals surface area contributed by atoms with E-state index in [2.05, 4.69) is 10.3 Å². The van der Waals surface area contributed by atoms with Crippen molar-refractivity contribution >= 4 is 18.2 Å². The first kappa shape index (κ1) is 16.7. The molecule has 2 rings (SSSR count). The lowest BCUT2D eigenvalue weighted by molar-refractivity contribution is 0.0523. The highest BCUT2D eigenvalue weighted by Crippen LogP contribution is 2.10. The van der Waals surface area contributed by atoms with Crippen molar-refractivity contribution in [2.24, 2.45) is 0 Å². The van der Waals surface area contributed by atoms with Crippen LogP contribution >= 0.6 is 0 Å². The quantitative estimate of drug-likeness (QED) is 0.917. The van der Waals surface area contributed by atoms with Gasteiger partial charge in [0.1, 0.15) is 5.60 Å². The zero-order valence-corrected chi connectivity index (χ0v) is 13.7. The van der Waals surface area contributed by atoms with Gasteiger partial charge in [-0.1, -0.05) is 42.5 Å². The topological polar surface area (TPSA) is 51.2 Å². The number of nitrogens with zero attached hydrogens (tertiary/aromatic N) is 1. The average molecular weight is 310 g/mol. The summed E-state index contributed by atoms with van der Waals surface area (Å²) in [5.41, 5.74) is 2.45. The Morgan fingerprint density at radius 2 is 1.83 bits per heavy atom. The number of hydrogen-bond donors (Lipinski definition) is 1. The molecular weight excluding hydrogens is 288 g/mol. The van der Waals surface area contributed by atoms with E-state index < -0.39 is 11.7 Å². The molecule has 4 heteroatoms. The number of benzene rings is 1. The molecule has 0 atom stereocenters. The van der Waals surface area contributed by atoms with E-state index >= 15 is 0 Å². The first-order valence-electron chi connectivity index (χ1n) is 7.57. The Kier molecular flexibility index (Phi) is 5.52. The van der Waals surface area contributed by atoms with Crippen LogP contribution in [0.25, 0.3) is 12.2 Å². The minimum atomic E-state index is -0.502. The van der Waals surface area contributed by atoms with E-state index in [0.29, 0.717) is 6.54 Å². The molecule has 120 valence electrons. The standard InChI is InChI=1S/C19H22N2O2/c1-19(2,3)23-18(22)21-14-17-13-16(11-12-20-17)10-9-15-7-5-4-6-8-15/h4-13H,14H2,1-3H3,(H,21,22)/b10-9+. The number of rotatable bonds is 4. The Bertz CT molecular complexity index is 673. The van der Waals surface area contributed by atoms with Crippen LogP contribution in [0, 0.1) is 0 Å². The molecule has 0 spiro atoms. The van der Waals surface area contributed by atoms with Crippen molar-refractivity contribution < 1.29 is 9.53 Å². The molecule has 0 unspecified atom stereocenters. The van der Waals surface area contributed by atoms with Gasteiger partial charge in [-0.2, -0.15) is 0 Å². The van der Waals surface area contributed by atoms with E-state index in [9.17, 15) is 4.79 Å². The predicted octanol–water partition coefficient (Wildman–Crippen LogP) is 4.28. The van der Waals surface area contributed by atoms with Gasteiger partial charge >= 0.3 is 6.09 Å². The van der Waals surface area contributed by atoms with Gasteiger partial charge in [0.05, 0.1) is 12.2 Å². The van der Waals surface area contributed by atoms with E-state index in [-0.39, 0.29) is 0 Å². The lowest BCUT2D eigenvalue weighted by Crippen LogP contribution is -2.32. The molecule has 0 fully saturated rings. The third-order valence-electron chi connectivity index (χ3n) is 2.92. The van der Waals surface area contributed by atoms with Gasteiger partial charge < -0.3 is 10.1 Å². The summed E-state index contributed by atoms with van der Waals surface area (Å²) in [4.78, 5) is 15.9. The zero-order chi connectivity index (χ0) is 16.7. The highest BCUT2D eigenvalue weighted by atomic mass is 16.6. The zero-order valence-electron chi connectivity index (χ0n) is 13.7. The summed E-state index contributed by atoms with van der Waals surface area (Å²) in [6.07, 6.45) is 5.36. The number of carbonyl (C=O) groups excluding carboxylic acids is 1. The molecule has 1 aromatic heterocycles. The maximum atomic E-state index is 11.7. The van der Waals surface area contributed by atoms with Crippen LogP contribution in [-0.2, 0) is 11.3 Å². The van der Waals surface area contributed by atoms with Crippen molar-refractivity contribution in [3.05, 3.63) is 65.5 Å². The molecule has 0 radical (unpaired) electrons. The van der Waals surface area contributed by atoms with Crippen molar-refractivity contribution in [2.75, 3.05) is 0 Å². The van der Waals surface area contributed by atoms with Gasteiger partial charge in [0, 0.05) is 6.20 Å². The maximum Gasteiger partial charge on any atom is 0.407 e. The number of ether oxygens (including phenoxy) is 1. The van der Waals surface area contributed by atoms with Crippen molar-refractivity contribution in [1.82, 2.24) is 10.3 Å². The first-order chi connectivity index (χ1) is 10.9. The van der Waals surface area contributed by atoms with Crippen LogP contribution in [0.15, 0.2) is 48.7 Å². The Hall–Kier alpha value is -2.62. The molecule has 1 amide bonds. The molecule has 1 heterocycles. The van der Waals surface area contributed by atoms with Crippen molar-refractivity contribution in [2.45, 2.75) is 32.9 Å². The second kappa shape index (κ2) is 7.58. The Morgan fingerprint density at radius 1 is 1.13 bits per heavy atom. The molecule has 23 heavy (non-hydrogen) atoms. The summed E-state index contributed by atoms with van der Waals surface area (Å²) in [6, 6.07) is 14.0. The largest absolute Gasteiger partial charge is 0.444 e. The number of pyridine rings is 1. The van der Waals surface area contributed by atoms with Gasteiger partial charge in [0.25, 0.3) is 0 Å². The van der Waals surface area contributed by atoms with Crippen molar-refractivity contribution in [3.63, 3.8) is 0 Å². The summed E-state index contributed by atoms with van der Waals surface area (Å²) in [7, 11) is 0. The Balaban J connectivity index is 1.95. The molecular formula is C19H22N2O2. The van der Waals surface area contributed by atoms with E-state index in [1.165, 1.54) is 0 Å². The van der Waals surface area contributed by atoms with Gasteiger partial charge in [-0.3, -0.25) is 4.98 Å². The highest BCUT2D eigenvalue weighted by molar-refractivity contribution is 5.70. The van der Waals surface area contributed by atoms with Crippen LogP contribution in [0.1, 0.15) is 37.6 Å². The lowest BCUT2D eigenvalue weighted by Gasteiger charge is -2.19. The summed E-state index contributed by atoms with van der Waals surface area (Å²) >= 11 is 0. The van der Waals surface area contributed by atoms with Crippen LogP contribution in [0.2, 0.25) is 0 Å². The monoisotopic (exact) mass is 310 g/mol. The predicted molar refractivity (Wildman–Crippen MR) is 92.7 cm³/mol. The van der Waals surface area contributed by atoms with Crippen LogP contribution < -0.4 is 5.32 Å². The normalized spacial score (nSPS) is 11.4. The van der Waals surface area contributed by atoms with Crippen molar-refractivity contribution in [3.8, 4) is 0 Å². The Morgan fingerprint density at radius 3 is 2.52 bits per heavy atom. The second-order valence-corrected chi connectivity index (χ2v) is 6.18. The molecule has 0 aliphatic rings. The number of amides is 1. The minimum absolute atomic E-state index is 0.335. The SMILES string of the molecule is CC(C)(C)OC(=O)NCc1cc(/C=C/c2ccccc2)ccn1. The Labute approximate surface area is 137 Å². The van der Waals surface area contributed by atoms with E-state index in [4.69, 9.17) is 4.74 Å². The first-order valence-corrected chi connectivity index (χ1v) is 7.57. The average Bonchev–Trinajstić information content (AvgIpc) is 2.51. The molecule has 0 saturated heterocycles. The second-order valence-electron chi connectivity index (χ2n) is 6.18. The smallest absolute Gasteiger partial charge is 0.407 e. The number of aromatic nitrogens is 1. The van der Waals surface area contributed by atoms with Crippen LogP contribution in [0.4, 0.5) is 4.79 Å². The molecule has 0 bridgehead atoms. The van der Waals surface area contributed by atoms with Crippen molar-refractivity contribution in [1.29, 1.82) is 0 Å². The van der Waals surface area contributed by atoms with Gasteiger partial charge in [0.2, 0.25) is 0 Å². The lowest BCUT2D eigenvalue weighted by atomic mass is 10.1. The number of alkyl carbamates (subject to hydrolysis) is 1. The summed E-state index contributed by atoms with van der Waals surface area (Å²) in [5, 5.41) is 2.71. The van der Waals surface area contributed by atoms with E-state index in [1.54, 1.807) is 6.20 Å². The van der Waals surface area contributed by atoms with Crippen LogP contribution in [-0.4, -0.2) is 16.7 Å². The molecule has 1 aromatic carbocycles. The molecule has 2 aromatic rings.